The number of rotatable bonds is 4. The minimum atomic E-state index is -1.13. The summed E-state index contributed by atoms with van der Waals surface area (Å²) in [5.41, 5.74) is 1.68. The van der Waals surface area contributed by atoms with E-state index < -0.39 is 5.60 Å². The van der Waals surface area contributed by atoms with E-state index in [1.165, 1.54) is 0 Å². The van der Waals surface area contributed by atoms with E-state index in [1.807, 2.05) is 42.5 Å². The fourth-order valence-electron chi connectivity index (χ4n) is 2.86. The number of fused-ring (bicyclic) bond motifs is 2. The molecule has 0 spiro atoms. The van der Waals surface area contributed by atoms with Gasteiger partial charge in [-0.15, -0.1) is 11.8 Å². The largest absolute Gasteiger partial charge is 0.395 e. The van der Waals surface area contributed by atoms with E-state index in [-0.39, 0.29) is 6.61 Å². The van der Waals surface area contributed by atoms with Gasteiger partial charge in [0.05, 0.1) is 6.61 Å². The lowest BCUT2D eigenvalue weighted by atomic mass is 9.84. The van der Waals surface area contributed by atoms with E-state index in [4.69, 9.17) is 16.7 Å². The van der Waals surface area contributed by atoms with Crippen molar-refractivity contribution in [1.29, 1.82) is 0 Å². The molecule has 1 aliphatic rings. The van der Waals surface area contributed by atoms with Gasteiger partial charge in [-0.1, -0.05) is 35.9 Å². The molecule has 0 saturated carbocycles. The summed E-state index contributed by atoms with van der Waals surface area (Å²) in [6, 6.07) is 13.6. The van der Waals surface area contributed by atoms with Gasteiger partial charge in [0.25, 0.3) is 0 Å². The molecule has 3 nitrogen and oxygen atoms in total. The molecule has 0 aliphatic carbocycles. The zero-order chi connectivity index (χ0) is 15.6. The molecule has 1 atom stereocenters. The molecule has 0 saturated heterocycles. The molecule has 1 aliphatic heterocycles. The fourth-order valence-corrected chi connectivity index (χ4v) is 4.17. The Hall–Kier alpha value is -1.04. The Labute approximate surface area is 139 Å². The molecule has 0 amide bonds. The molecule has 2 aromatic rings. The number of hydrogen-bond donors (Lipinski definition) is 3. The molecule has 116 valence electrons. The standard InChI is InChI=1S/C17H18ClNO2S/c18-13-5-6-14-12(9-13)10-22-16-4-2-1-3-15(16)17(14,21)11-19-7-8-20/h1-6,9,19-21H,7-8,10-11H2. The topological polar surface area (TPSA) is 52.5 Å². The van der Waals surface area contributed by atoms with Gasteiger partial charge in [0.1, 0.15) is 5.60 Å². The second-order valence-corrected chi connectivity index (χ2v) is 6.80. The summed E-state index contributed by atoms with van der Waals surface area (Å²) in [4.78, 5) is 1.07. The van der Waals surface area contributed by atoms with Crippen molar-refractivity contribution in [3.05, 3.63) is 64.2 Å². The van der Waals surface area contributed by atoms with Crippen LogP contribution in [0.2, 0.25) is 5.02 Å². The number of aliphatic hydroxyl groups is 2. The number of hydrogen-bond acceptors (Lipinski definition) is 4. The SMILES string of the molecule is OCCNCC1(O)c2ccc(Cl)cc2CSc2ccccc21. The number of halogens is 1. The van der Waals surface area contributed by atoms with Crippen LogP contribution in [0.4, 0.5) is 0 Å². The van der Waals surface area contributed by atoms with Crippen molar-refractivity contribution in [2.75, 3.05) is 19.7 Å². The molecule has 3 rings (SSSR count). The van der Waals surface area contributed by atoms with Crippen molar-refractivity contribution in [2.24, 2.45) is 0 Å². The molecule has 0 fully saturated rings. The lowest BCUT2D eigenvalue weighted by Crippen LogP contribution is -2.40. The Morgan fingerprint density at radius 1 is 1.18 bits per heavy atom. The van der Waals surface area contributed by atoms with E-state index in [0.29, 0.717) is 18.1 Å². The smallest absolute Gasteiger partial charge is 0.128 e. The van der Waals surface area contributed by atoms with Gasteiger partial charge in [-0.3, -0.25) is 0 Å². The summed E-state index contributed by atoms with van der Waals surface area (Å²) in [7, 11) is 0. The molecule has 22 heavy (non-hydrogen) atoms. The van der Waals surface area contributed by atoms with E-state index in [9.17, 15) is 5.11 Å². The second kappa shape index (κ2) is 6.60. The van der Waals surface area contributed by atoms with Gasteiger partial charge in [-0.2, -0.15) is 0 Å². The molecule has 3 N–H and O–H groups in total. The fraction of sp³-hybridized carbons (Fsp3) is 0.294. The number of thioether (sulfide) groups is 1. The molecule has 2 aromatic carbocycles. The number of aliphatic hydroxyl groups excluding tert-OH is 1. The van der Waals surface area contributed by atoms with E-state index in [2.05, 4.69) is 5.32 Å². The van der Waals surface area contributed by atoms with Crippen LogP contribution < -0.4 is 5.32 Å². The highest BCUT2D eigenvalue weighted by molar-refractivity contribution is 7.98. The van der Waals surface area contributed by atoms with Crippen LogP contribution in [0.15, 0.2) is 47.4 Å². The Morgan fingerprint density at radius 3 is 2.82 bits per heavy atom. The molecule has 1 unspecified atom stereocenters. The molecule has 0 aromatic heterocycles. The van der Waals surface area contributed by atoms with E-state index >= 15 is 0 Å². The molecule has 0 radical (unpaired) electrons. The molecule has 0 bridgehead atoms. The first-order valence-electron chi connectivity index (χ1n) is 7.20. The zero-order valence-electron chi connectivity index (χ0n) is 12.1. The quantitative estimate of drug-likeness (QED) is 0.752. The van der Waals surface area contributed by atoms with Crippen LogP contribution in [-0.2, 0) is 11.4 Å². The third-order valence-electron chi connectivity index (χ3n) is 3.90. The van der Waals surface area contributed by atoms with Crippen molar-refractivity contribution in [3.63, 3.8) is 0 Å². The minimum Gasteiger partial charge on any atom is -0.395 e. The van der Waals surface area contributed by atoms with Crippen LogP contribution in [0.3, 0.4) is 0 Å². The summed E-state index contributed by atoms with van der Waals surface area (Å²) in [6.07, 6.45) is 0. The summed E-state index contributed by atoms with van der Waals surface area (Å²) in [5.74, 6) is 0.773. The van der Waals surface area contributed by atoms with Gasteiger partial charge in [-0.05, 0) is 29.3 Å². The average Bonchev–Trinajstić information content (AvgIpc) is 2.64. The second-order valence-electron chi connectivity index (χ2n) is 5.35. The maximum absolute atomic E-state index is 11.5. The predicted molar refractivity (Wildman–Crippen MR) is 90.4 cm³/mol. The van der Waals surface area contributed by atoms with Crippen LogP contribution in [0.5, 0.6) is 0 Å². The highest BCUT2D eigenvalue weighted by Gasteiger charge is 2.37. The van der Waals surface area contributed by atoms with Crippen LogP contribution in [0.1, 0.15) is 16.7 Å². The number of benzene rings is 2. The van der Waals surface area contributed by atoms with Gasteiger partial charge in [0.15, 0.2) is 0 Å². The predicted octanol–water partition coefficient (Wildman–Crippen LogP) is 2.76. The Kier molecular flexibility index (Phi) is 4.76. The lowest BCUT2D eigenvalue weighted by Gasteiger charge is -2.31. The van der Waals surface area contributed by atoms with E-state index in [1.54, 1.807) is 11.8 Å². The normalized spacial score (nSPS) is 20.1. The first kappa shape index (κ1) is 15.8. The van der Waals surface area contributed by atoms with Crippen LogP contribution in [0, 0.1) is 0 Å². The van der Waals surface area contributed by atoms with Crippen molar-refractivity contribution in [3.8, 4) is 0 Å². The molecular formula is C17H18ClNO2S. The molecule has 1 heterocycles. The molecule has 5 heteroatoms. The molecular weight excluding hydrogens is 318 g/mol. The Balaban J connectivity index is 2.12. The minimum absolute atomic E-state index is 0.0416. The van der Waals surface area contributed by atoms with Crippen LogP contribution >= 0.6 is 23.4 Å². The van der Waals surface area contributed by atoms with Crippen LogP contribution in [-0.4, -0.2) is 29.9 Å². The summed E-state index contributed by atoms with van der Waals surface area (Å²) < 4.78 is 0. The Bertz CT molecular complexity index is 679. The summed E-state index contributed by atoms with van der Waals surface area (Å²) >= 11 is 7.83. The first-order chi connectivity index (χ1) is 10.6. The van der Waals surface area contributed by atoms with Gasteiger partial charge < -0.3 is 15.5 Å². The third kappa shape index (κ3) is 2.90. The maximum atomic E-state index is 11.5. The van der Waals surface area contributed by atoms with Crippen molar-refractivity contribution < 1.29 is 10.2 Å². The lowest BCUT2D eigenvalue weighted by molar-refractivity contribution is 0.0757. The van der Waals surface area contributed by atoms with Gasteiger partial charge >= 0.3 is 0 Å². The van der Waals surface area contributed by atoms with Crippen LogP contribution in [0.25, 0.3) is 0 Å². The van der Waals surface area contributed by atoms with E-state index in [0.717, 1.165) is 27.3 Å². The Morgan fingerprint density at radius 2 is 2.00 bits per heavy atom. The first-order valence-corrected chi connectivity index (χ1v) is 8.56. The van der Waals surface area contributed by atoms with Gasteiger partial charge in [-0.25, -0.2) is 0 Å². The van der Waals surface area contributed by atoms with Gasteiger partial charge in [0.2, 0.25) is 0 Å². The summed E-state index contributed by atoms with van der Waals surface area (Å²) in [6.45, 7) is 0.834. The number of nitrogens with one attached hydrogen (secondary N) is 1. The summed E-state index contributed by atoms with van der Waals surface area (Å²) in [5, 5.41) is 24.3. The average molecular weight is 336 g/mol. The monoisotopic (exact) mass is 335 g/mol. The highest BCUT2D eigenvalue weighted by Crippen LogP contribution is 2.43. The third-order valence-corrected chi connectivity index (χ3v) is 5.26. The zero-order valence-corrected chi connectivity index (χ0v) is 13.6. The maximum Gasteiger partial charge on any atom is 0.128 e. The van der Waals surface area contributed by atoms with Crippen molar-refractivity contribution in [1.82, 2.24) is 5.32 Å². The highest BCUT2D eigenvalue weighted by atomic mass is 35.5. The van der Waals surface area contributed by atoms with Crippen molar-refractivity contribution >= 4 is 23.4 Å². The van der Waals surface area contributed by atoms with Crippen molar-refractivity contribution in [2.45, 2.75) is 16.2 Å². The van der Waals surface area contributed by atoms with Gasteiger partial charge in [0, 0.05) is 34.3 Å².